The number of benzene rings is 2. The van der Waals surface area contributed by atoms with E-state index in [1.807, 2.05) is 45.0 Å². The molecular weight excluding hydrogens is 482 g/mol. The van der Waals surface area contributed by atoms with E-state index in [1.54, 1.807) is 0 Å². The van der Waals surface area contributed by atoms with Crippen molar-refractivity contribution in [2.24, 2.45) is 5.18 Å². The summed E-state index contributed by atoms with van der Waals surface area (Å²) in [5, 5.41) is 5.88. The van der Waals surface area contributed by atoms with Crippen LogP contribution in [0, 0.1) is 11.8 Å². The van der Waals surface area contributed by atoms with Gasteiger partial charge in [0, 0.05) is 24.5 Å². The van der Waals surface area contributed by atoms with Crippen LogP contribution in [0.3, 0.4) is 0 Å². The van der Waals surface area contributed by atoms with Crippen molar-refractivity contribution in [2.45, 2.75) is 86.6 Å². The minimum absolute atomic E-state index is 0.230. The molecule has 0 aromatic heterocycles. The quantitative estimate of drug-likeness (QED) is 0.176. The van der Waals surface area contributed by atoms with E-state index in [9.17, 15) is 4.91 Å². The van der Waals surface area contributed by atoms with Crippen LogP contribution < -0.4 is 5.32 Å². The first kappa shape index (κ1) is 36.2. The molecule has 5 heteroatoms. The molecule has 5 nitrogen and oxygen atoms in total. The zero-order valence-corrected chi connectivity index (χ0v) is 25.8. The monoisotopic (exact) mass is 537 g/mol. The molecule has 1 aliphatic rings. The van der Waals surface area contributed by atoms with Crippen molar-refractivity contribution < 1.29 is 4.74 Å². The maximum atomic E-state index is 9.96. The molecule has 1 unspecified atom stereocenters. The van der Waals surface area contributed by atoms with Gasteiger partial charge in [-0.15, -0.1) is 0 Å². The average molecular weight is 538 g/mol. The van der Waals surface area contributed by atoms with E-state index in [-0.39, 0.29) is 6.54 Å². The molecule has 218 valence electrons. The van der Waals surface area contributed by atoms with Crippen LogP contribution in [0.4, 0.5) is 5.69 Å². The topological polar surface area (TPSA) is 53.9 Å². The lowest BCUT2D eigenvalue weighted by molar-refractivity contribution is 0.0371. The van der Waals surface area contributed by atoms with Gasteiger partial charge in [-0.1, -0.05) is 113 Å². The molecule has 1 fully saturated rings. The molecule has 2 aromatic rings. The van der Waals surface area contributed by atoms with Gasteiger partial charge in [-0.3, -0.25) is 4.90 Å². The summed E-state index contributed by atoms with van der Waals surface area (Å²) in [6, 6.07) is 16.2. The first-order chi connectivity index (χ1) is 18.9. The lowest BCUT2D eigenvalue weighted by Crippen LogP contribution is -2.36. The Labute approximate surface area is 239 Å². The molecule has 0 amide bonds. The van der Waals surface area contributed by atoms with Gasteiger partial charge in [-0.05, 0) is 62.9 Å². The Bertz CT molecular complexity index is 886. The number of morpholine rings is 1. The molecule has 0 bridgehead atoms. The van der Waals surface area contributed by atoms with Crippen molar-refractivity contribution in [1.29, 1.82) is 0 Å². The number of rotatable bonds is 11. The van der Waals surface area contributed by atoms with Gasteiger partial charge < -0.3 is 10.1 Å². The Kier molecular flexibility index (Phi) is 22.6. The minimum atomic E-state index is 0.230. The fourth-order valence-corrected chi connectivity index (χ4v) is 3.87. The normalized spacial score (nSPS) is 13.5. The van der Waals surface area contributed by atoms with Crippen molar-refractivity contribution in [2.75, 3.05) is 38.2 Å². The van der Waals surface area contributed by atoms with E-state index < -0.39 is 0 Å². The molecule has 0 spiro atoms. The number of aryl methyl sites for hydroxylation is 1. The van der Waals surface area contributed by atoms with Gasteiger partial charge in [-0.2, -0.15) is 4.91 Å². The van der Waals surface area contributed by atoms with Crippen LogP contribution in [-0.2, 0) is 11.3 Å². The van der Waals surface area contributed by atoms with Gasteiger partial charge in [0.2, 0.25) is 0 Å². The van der Waals surface area contributed by atoms with Gasteiger partial charge in [0.1, 0.15) is 6.54 Å². The molecule has 0 aliphatic carbocycles. The number of nitrogens with zero attached hydrogens (tertiary/aromatic N) is 2. The predicted octanol–water partition coefficient (Wildman–Crippen LogP) is 9.50. The maximum absolute atomic E-state index is 9.96. The Hall–Kier alpha value is -2.76. The van der Waals surface area contributed by atoms with Crippen LogP contribution in [0.15, 0.2) is 78.1 Å². The SMILES string of the molecule is C/C=C\C(C)c1ccc(C)cc1.C=C(C)Nc1ccc(CN=O)cc1.CC.CCCCCCN1CCOCC1. The molecule has 0 saturated carbocycles. The van der Waals surface area contributed by atoms with Crippen molar-refractivity contribution in [3.05, 3.63) is 94.6 Å². The van der Waals surface area contributed by atoms with Gasteiger partial charge in [0.15, 0.2) is 0 Å². The summed E-state index contributed by atoms with van der Waals surface area (Å²) in [4.78, 5) is 12.5. The van der Waals surface area contributed by atoms with E-state index in [0.717, 1.165) is 43.3 Å². The molecule has 39 heavy (non-hydrogen) atoms. The highest BCUT2D eigenvalue weighted by Crippen LogP contribution is 2.16. The summed E-state index contributed by atoms with van der Waals surface area (Å²) in [7, 11) is 0. The third kappa shape index (κ3) is 19.0. The van der Waals surface area contributed by atoms with Crippen LogP contribution >= 0.6 is 0 Å². The molecule has 1 heterocycles. The molecule has 1 atom stereocenters. The summed E-state index contributed by atoms with van der Waals surface area (Å²) in [5.74, 6) is 0.538. The van der Waals surface area contributed by atoms with E-state index in [0.29, 0.717) is 5.92 Å². The number of anilines is 1. The van der Waals surface area contributed by atoms with Crippen LogP contribution in [0.5, 0.6) is 0 Å². The van der Waals surface area contributed by atoms with E-state index in [2.05, 4.69) is 86.1 Å². The fourth-order valence-electron chi connectivity index (χ4n) is 3.87. The summed E-state index contributed by atoms with van der Waals surface area (Å²) >= 11 is 0. The number of nitrogens with one attached hydrogen (secondary N) is 1. The predicted molar refractivity (Wildman–Crippen MR) is 172 cm³/mol. The smallest absolute Gasteiger partial charge is 0.106 e. The number of hydrogen-bond acceptors (Lipinski definition) is 5. The van der Waals surface area contributed by atoms with E-state index in [4.69, 9.17) is 4.74 Å². The summed E-state index contributed by atoms with van der Waals surface area (Å²) in [6.45, 7) is 23.9. The molecule has 3 rings (SSSR count). The Morgan fingerprint density at radius 1 is 1.05 bits per heavy atom. The van der Waals surface area contributed by atoms with E-state index >= 15 is 0 Å². The largest absolute Gasteiger partial charge is 0.379 e. The highest BCUT2D eigenvalue weighted by Gasteiger charge is 2.08. The van der Waals surface area contributed by atoms with Crippen LogP contribution in [0.2, 0.25) is 0 Å². The molecule has 1 aliphatic heterocycles. The van der Waals surface area contributed by atoms with Gasteiger partial charge >= 0.3 is 0 Å². The molecular formula is C34H55N3O2. The van der Waals surface area contributed by atoms with E-state index in [1.165, 1.54) is 43.4 Å². The highest BCUT2D eigenvalue weighted by molar-refractivity contribution is 5.48. The first-order valence-electron chi connectivity index (χ1n) is 14.7. The van der Waals surface area contributed by atoms with Crippen molar-refractivity contribution >= 4 is 5.69 Å². The fraction of sp³-hybridized carbons (Fsp3) is 0.529. The minimum Gasteiger partial charge on any atom is -0.379 e. The van der Waals surface area contributed by atoms with Crippen LogP contribution in [0.1, 0.15) is 89.8 Å². The molecule has 2 aromatic carbocycles. The molecule has 1 saturated heterocycles. The lowest BCUT2D eigenvalue weighted by atomic mass is 10.00. The van der Waals surface area contributed by atoms with Gasteiger partial charge in [0.25, 0.3) is 0 Å². The Morgan fingerprint density at radius 3 is 2.18 bits per heavy atom. The number of ether oxygens (including phenoxy) is 1. The second-order valence-electron chi connectivity index (χ2n) is 9.63. The second kappa shape index (κ2) is 24.3. The van der Waals surface area contributed by atoms with Crippen molar-refractivity contribution in [1.82, 2.24) is 4.90 Å². The third-order valence-electron chi connectivity index (χ3n) is 6.07. The highest BCUT2D eigenvalue weighted by atomic mass is 16.5. The number of hydrogen-bond donors (Lipinski definition) is 1. The standard InChI is InChI=1S/C12H16.C10H12N2O.C10H21NO.C2H6/c1-4-5-11(3)12-8-6-10(2)7-9-12;1-8(2)12-10-5-3-9(4-6-10)7-11-13;1-2-3-4-5-6-11-7-9-12-10-8-11;1-2/h4-9,11H,1-3H3;3-6,12H,1,7H2,2H3;2-10H2,1H3;1-2H3/b5-4-;;;. The van der Waals surface area contributed by atoms with Gasteiger partial charge in [0.05, 0.1) is 13.2 Å². The number of unbranched alkanes of at least 4 members (excludes halogenated alkanes) is 3. The summed E-state index contributed by atoms with van der Waals surface area (Å²) in [6.07, 6.45) is 9.81. The van der Waals surface area contributed by atoms with Crippen molar-refractivity contribution in [3.63, 3.8) is 0 Å². The third-order valence-corrected chi connectivity index (χ3v) is 6.07. The summed E-state index contributed by atoms with van der Waals surface area (Å²) < 4.78 is 5.29. The number of allylic oxidation sites excluding steroid dienone is 3. The Balaban J connectivity index is 0.000000538. The average Bonchev–Trinajstić information content (AvgIpc) is 2.95. The molecule has 0 radical (unpaired) electrons. The molecule has 1 N–H and O–H groups in total. The lowest BCUT2D eigenvalue weighted by Gasteiger charge is -2.26. The number of nitroso groups, excluding NO2 is 1. The van der Waals surface area contributed by atoms with Crippen molar-refractivity contribution in [3.8, 4) is 0 Å². The maximum Gasteiger partial charge on any atom is 0.106 e. The zero-order valence-electron chi connectivity index (χ0n) is 25.8. The van der Waals surface area contributed by atoms with Crippen LogP contribution in [0.25, 0.3) is 0 Å². The summed E-state index contributed by atoms with van der Waals surface area (Å²) in [5.41, 5.74) is 5.50. The van der Waals surface area contributed by atoms with Crippen LogP contribution in [-0.4, -0.2) is 37.7 Å². The zero-order chi connectivity index (χ0) is 29.3. The first-order valence-corrected chi connectivity index (χ1v) is 14.7. The second-order valence-corrected chi connectivity index (χ2v) is 9.63. The Morgan fingerprint density at radius 2 is 1.67 bits per heavy atom. The van der Waals surface area contributed by atoms with Gasteiger partial charge in [-0.25, -0.2) is 0 Å².